The number of rotatable bonds is 2. The van der Waals surface area contributed by atoms with Gasteiger partial charge < -0.3 is 4.98 Å². The lowest BCUT2D eigenvalue weighted by molar-refractivity contribution is 0.552. The Bertz CT molecular complexity index is 897. The topological polar surface area (TPSA) is 95.8 Å². The maximum atomic E-state index is 13.3. The van der Waals surface area contributed by atoms with Gasteiger partial charge in [-0.3, -0.25) is 5.41 Å². The van der Waals surface area contributed by atoms with Crippen LogP contribution in [0.5, 0.6) is 0 Å². The number of H-pyrrole nitrogens is 1. The van der Waals surface area contributed by atoms with Crippen molar-refractivity contribution in [3.63, 3.8) is 0 Å². The molecule has 0 atom stereocenters. The van der Waals surface area contributed by atoms with Crippen molar-refractivity contribution in [3.05, 3.63) is 57.3 Å². The number of aromatic nitrogens is 2. The predicted octanol–water partition coefficient (Wildman–Crippen LogP) is 0.649. The molecular weight excluding hydrogens is 285 g/mol. The molecule has 0 aliphatic rings. The number of aryl methyl sites for hydroxylation is 2. The Labute approximate surface area is 114 Å². The summed E-state index contributed by atoms with van der Waals surface area (Å²) in [6.07, 6.45) is 0.651. The van der Waals surface area contributed by atoms with E-state index < -0.39 is 27.0 Å². The van der Waals surface area contributed by atoms with Crippen molar-refractivity contribution in [2.24, 2.45) is 0 Å². The van der Waals surface area contributed by atoms with E-state index in [2.05, 4.69) is 0 Å². The Morgan fingerprint density at radius 1 is 1.30 bits per heavy atom. The normalized spacial score (nSPS) is 11.6. The lowest BCUT2D eigenvalue weighted by Crippen LogP contribution is -2.41. The quantitative estimate of drug-likeness (QED) is 0.851. The highest BCUT2D eigenvalue weighted by atomic mass is 32.2. The van der Waals surface area contributed by atoms with Crippen LogP contribution in [0.15, 0.2) is 34.1 Å². The van der Waals surface area contributed by atoms with E-state index in [0.29, 0.717) is 11.8 Å². The van der Waals surface area contributed by atoms with Gasteiger partial charge >= 0.3 is 5.69 Å². The molecule has 0 fully saturated rings. The van der Waals surface area contributed by atoms with Crippen LogP contribution in [0, 0.1) is 25.1 Å². The number of hydrogen-bond acceptors (Lipinski definition) is 4. The van der Waals surface area contributed by atoms with Crippen molar-refractivity contribution >= 4 is 10.0 Å². The second-order valence-electron chi connectivity index (χ2n) is 4.33. The molecule has 2 aromatic rings. The summed E-state index contributed by atoms with van der Waals surface area (Å²) < 4.78 is 38.3. The number of hydrogen-bond donors (Lipinski definition) is 2. The molecule has 0 amide bonds. The summed E-state index contributed by atoms with van der Waals surface area (Å²) in [7, 11) is -4.32. The van der Waals surface area contributed by atoms with E-state index in [4.69, 9.17) is 5.41 Å². The fourth-order valence-electron chi connectivity index (χ4n) is 1.87. The second kappa shape index (κ2) is 4.71. The highest BCUT2D eigenvalue weighted by Gasteiger charge is 2.23. The number of aromatic amines is 1. The zero-order chi connectivity index (χ0) is 15.1. The second-order valence-corrected chi connectivity index (χ2v) is 6.08. The van der Waals surface area contributed by atoms with Gasteiger partial charge in [0.25, 0.3) is 10.0 Å². The Morgan fingerprint density at radius 3 is 2.55 bits per heavy atom. The van der Waals surface area contributed by atoms with E-state index in [9.17, 15) is 17.6 Å². The first-order chi connectivity index (χ1) is 9.25. The molecular formula is C12H12FN3O3S. The Balaban J connectivity index is 2.84. The maximum Gasteiger partial charge on any atom is 0.341 e. The van der Waals surface area contributed by atoms with Crippen LogP contribution in [0.3, 0.4) is 0 Å². The molecule has 1 aromatic carbocycles. The van der Waals surface area contributed by atoms with E-state index >= 15 is 0 Å². The molecule has 2 rings (SSSR count). The van der Waals surface area contributed by atoms with Gasteiger partial charge in [0.1, 0.15) is 0 Å². The van der Waals surface area contributed by atoms with Crippen molar-refractivity contribution in [1.29, 1.82) is 5.41 Å². The molecule has 6 nitrogen and oxygen atoms in total. The standard InChI is InChI=1S/C12H12FN3O3S/c1-7-3-4-10(8(2)5-7)20(18,19)16-11(14)9(13)6-15-12(16)17/h3-6,14H,1-2H3,(H,15,17). The number of benzene rings is 1. The molecule has 0 spiro atoms. The average molecular weight is 297 g/mol. The molecule has 8 heteroatoms. The molecule has 2 N–H and O–H groups in total. The predicted molar refractivity (Wildman–Crippen MR) is 69.4 cm³/mol. The van der Waals surface area contributed by atoms with Crippen molar-refractivity contribution in [1.82, 2.24) is 8.96 Å². The van der Waals surface area contributed by atoms with Crippen molar-refractivity contribution in [2.75, 3.05) is 0 Å². The summed E-state index contributed by atoms with van der Waals surface area (Å²) in [6.45, 7) is 3.36. The molecule has 1 aromatic heterocycles. The third-order valence-corrected chi connectivity index (χ3v) is 4.63. The summed E-state index contributed by atoms with van der Waals surface area (Å²) in [4.78, 5) is 13.4. The van der Waals surface area contributed by atoms with Gasteiger partial charge in [-0.1, -0.05) is 17.7 Å². The fraction of sp³-hybridized carbons (Fsp3) is 0.167. The minimum atomic E-state index is -4.32. The minimum Gasteiger partial charge on any atom is -0.310 e. The Morgan fingerprint density at radius 2 is 1.95 bits per heavy atom. The van der Waals surface area contributed by atoms with Crippen LogP contribution in [0.4, 0.5) is 4.39 Å². The number of nitrogens with one attached hydrogen (secondary N) is 2. The van der Waals surface area contributed by atoms with E-state index in [1.165, 1.54) is 6.07 Å². The molecule has 0 saturated heterocycles. The van der Waals surface area contributed by atoms with Crippen LogP contribution in [0.2, 0.25) is 0 Å². The lowest BCUT2D eigenvalue weighted by Gasteiger charge is -2.10. The van der Waals surface area contributed by atoms with E-state index in [1.54, 1.807) is 26.0 Å². The van der Waals surface area contributed by atoms with E-state index in [1.807, 2.05) is 4.98 Å². The van der Waals surface area contributed by atoms with E-state index in [-0.39, 0.29) is 8.87 Å². The monoisotopic (exact) mass is 297 g/mol. The summed E-state index contributed by atoms with van der Waals surface area (Å²) in [6, 6.07) is 4.53. The molecule has 0 unspecified atom stereocenters. The van der Waals surface area contributed by atoms with Gasteiger partial charge in [-0.05, 0) is 25.5 Å². The lowest BCUT2D eigenvalue weighted by atomic mass is 10.2. The van der Waals surface area contributed by atoms with Gasteiger partial charge in [0.2, 0.25) is 0 Å². The zero-order valence-electron chi connectivity index (χ0n) is 10.8. The molecule has 0 saturated carbocycles. The highest BCUT2D eigenvalue weighted by molar-refractivity contribution is 7.90. The molecule has 20 heavy (non-hydrogen) atoms. The molecule has 0 aliphatic heterocycles. The van der Waals surface area contributed by atoms with Gasteiger partial charge in [-0.15, -0.1) is 0 Å². The summed E-state index contributed by atoms with van der Waals surface area (Å²) >= 11 is 0. The van der Waals surface area contributed by atoms with Crippen molar-refractivity contribution in [2.45, 2.75) is 18.7 Å². The summed E-state index contributed by atoms with van der Waals surface area (Å²) in [5.74, 6) is -1.13. The van der Waals surface area contributed by atoms with Crippen LogP contribution in [0.1, 0.15) is 11.1 Å². The summed E-state index contributed by atoms with van der Waals surface area (Å²) in [5.41, 5.74) is -0.823. The largest absolute Gasteiger partial charge is 0.341 e. The third kappa shape index (κ3) is 2.18. The van der Waals surface area contributed by atoms with Crippen LogP contribution in [-0.4, -0.2) is 17.4 Å². The first-order valence-corrected chi connectivity index (χ1v) is 7.07. The first kappa shape index (κ1) is 14.2. The third-order valence-electron chi connectivity index (χ3n) is 2.78. The minimum absolute atomic E-state index is 0.111. The first-order valence-electron chi connectivity index (χ1n) is 5.63. The average Bonchev–Trinajstić information content (AvgIpc) is 2.33. The van der Waals surface area contributed by atoms with Gasteiger partial charge in [0.05, 0.1) is 4.90 Å². The molecule has 0 radical (unpaired) electrons. The molecule has 1 heterocycles. The molecule has 0 aliphatic carbocycles. The fourth-order valence-corrected chi connectivity index (χ4v) is 3.37. The van der Waals surface area contributed by atoms with Gasteiger partial charge in [0, 0.05) is 6.20 Å². The summed E-state index contributed by atoms with van der Waals surface area (Å²) in [5, 5.41) is 7.44. The number of nitrogens with zero attached hydrogens (tertiary/aromatic N) is 1. The van der Waals surface area contributed by atoms with Crippen LogP contribution in [-0.2, 0) is 10.0 Å². The van der Waals surface area contributed by atoms with Crippen molar-refractivity contribution in [3.8, 4) is 0 Å². The molecule has 106 valence electrons. The SMILES string of the molecule is Cc1ccc(S(=O)(=O)n2c(=O)[nH]cc(F)c2=N)c(C)c1. The van der Waals surface area contributed by atoms with Gasteiger partial charge in [-0.2, -0.15) is 3.97 Å². The van der Waals surface area contributed by atoms with Crippen LogP contribution < -0.4 is 11.2 Å². The zero-order valence-corrected chi connectivity index (χ0v) is 11.6. The van der Waals surface area contributed by atoms with Crippen LogP contribution in [0.25, 0.3) is 0 Å². The Kier molecular flexibility index (Phi) is 3.34. The molecule has 0 bridgehead atoms. The van der Waals surface area contributed by atoms with Gasteiger partial charge in [-0.25, -0.2) is 17.6 Å². The highest BCUT2D eigenvalue weighted by Crippen LogP contribution is 2.17. The van der Waals surface area contributed by atoms with Crippen molar-refractivity contribution < 1.29 is 12.8 Å². The number of halogens is 1. The van der Waals surface area contributed by atoms with E-state index in [0.717, 1.165) is 5.56 Å². The van der Waals surface area contributed by atoms with Gasteiger partial charge in [0.15, 0.2) is 11.3 Å². The maximum absolute atomic E-state index is 13.3. The Hall–Kier alpha value is -2.22. The van der Waals surface area contributed by atoms with Crippen LogP contribution >= 0.6 is 0 Å². The smallest absolute Gasteiger partial charge is 0.310 e.